The summed E-state index contributed by atoms with van der Waals surface area (Å²) in [6.45, 7) is 2.26. The minimum absolute atomic E-state index is 0.318. The van der Waals surface area contributed by atoms with Crippen LogP contribution in [0.5, 0.6) is 0 Å². The highest BCUT2D eigenvalue weighted by molar-refractivity contribution is 5.10. The molecule has 1 saturated carbocycles. The molecule has 0 radical (unpaired) electrons. The monoisotopic (exact) mass is 222 g/mol. The Morgan fingerprint density at radius 2 is 2.12 bits per heavy atom. The van der Waals surface area contributed by atoms with E-state index in [9.17, 15) is 5.11 Å². The van der Waals surface area contributed by atoms with Gasteiger partial charge in [-0.1, -0.05) is 32.6 Å². The molecule has 1 atom stereocenters. The summed E-state index contributed by atoms with van der Waals surface area (Å²) in [5.41, 5.74) is 0.943. The van der Waals surface area contributed by atoms with Gasteiger partial charge in [0.05, 0.1) is 18.6 Å². The molecular weight excluding hydrogens is 200 g/mol. The second kappa shape index (κ2) is 5.53. The van der Waals surface area contributed by atoms with Crippen LogP contribution in [0, 0.1) is 11.8 Å². The van der Waals surface area contributed by atoms with E-state index in [0.717, 1.165) is 24.3 Å². The van der Waals surface area contributed by atoms with Crippen molar-refractivity contribution in [3.05, 3.63) is 24.2 Å². The average Bonchev–Trinajstić information content (AvgIpc) is 2.83. The van der Waals surface area contributed by atoms with Crippen LogP contribution in [0.1, 0.15) is 57.1 Å². The van der Waals surface area contributed by atoms with Gasteiger partial charge in [0.1, 0.15) is 0 Å². The lowest BCUT2D eigenvalue weighted by atomic mass is 9.77. The van der Waals surface area contributed by atoms with E-state index in [4.69, 9.17) is 4.42 Å². The van der Waals surface area contributed by atoms with E-state index in [1.807, 2.05) is 6.07 Å². The van der Waals surface area contributed by atoms with Crippen LogP contribution in [0.4, 0.5) is 0 Å². The molecule has 0 bridgehead atoms. The van der Waals surface area contributed by atoms with Crippen LogP contribution in [-0.2, 0) is 0 Å². The van der Waals surface area contributed by atoms with Crippen LogP contribution in [0.3, 0.4) is 0 Å². The van der Waals surface area contributed by atoms with Gasteiger partial charge in [0.15, 0.2) is 0 Å². The normalized spacial score (nSPS) is 27.9. The molecule has 1 aromatic heterocycles. The van der Waals surface area contributed by atoms with Gasteiger partial charge in [-0.3, -0.25) is 0 Å². The molecule has 0 amide bonds. The molecule has 90 valence electrons. The van der Waals surface area contributed by atoms with Gasteiger partial charge >= 0.3 is 0 Å². The summed E-state index contributed by atoms with van der Waals surface area (Å²) in [5.74, 6) is 1.34. The third kappa shape index (κ3) is 2.67. The second-order valence-electron chi connectivity index (χ2n) is 5.07. The predicted molar refractivity (Wildman–Crippen MR) is 64.0 cm³/mol. The second-order valence-corrected chi connectivity index (χ2v) is 5.07. The van der Waals surface area contributed by atoms with Crippen molar-refractivity contribution in [2.24, 2.45) is 11.8 Å². The van der Waals surface area contributed by atoms with Gasteiger partial charge in [0.25, 0.3) is 0 Å². The van der Waals surface area contributed by atoms with Crippen LogP contribution in [0.15, 0.2) is 23.0 Å². The minimum atomic E-state index is -0.318. The zero-order chi connectivity index (χ0) is 11.4. The number of hydrogen-bond acceptors (Lipinski definition) is 2. The third-order valence-electron chi connectivity index (χ3n) is 3.92. The van der Waals surface area contributed by atoms with E-state index in [1.54, 1.807) is 12.5 Å². The summed E-state index contributed by atoms with van der Waals surface area (Å²) >= 11 is 0. The zero-order valence-electron chi connectivity index (χ0n) is 10.1. The van der Waals surface area contributed by atoms with E-state index < -0.39 is 0 Å². The molecule has 1 aliphatic rings. The zero-order valence-corrected chi connectivity index (χ0v) is 10.1. The van der Waals surface area contributed by atoms with Crippen LogP contribution in [-0.4, -0.2) is 5.11 Å². The topological polar surface area (TPSA) is 33.4 Å². The molecule has 0 aromatic carbocycles. The summed E-state index contributed by atoms with van der Waals surface area (Å²) in [4.78, 5) is 0. The molecule has 1 N–H and O–H groups in total. The lowest BCUT2D eigenvalue weighted by Crippen LogP contribution is -2.20. The Morgan fingerprint density at radius 3 is 2.69 bits per heavy atom. The number of aliphatic hydroxyl groups is 1. The maximum Gasteiger partial charge on any atom is 0.0960 e. The largest absolute Gasteiger partial charge is 0.472 e. The summed E-state index contributed by atoms with van der Waals surface area (Å²) < 4.78 is 5.03. The van der Waals surface area contributed by atoms with Crippen LogP contribution in [0.25, 0.3) is 0 Å². The lowest BCUT2D eigenvalue weighted by molar-refractivity contribution is 0.0717. The molecule has 2 rings (SSSR count). The molecule has 0 spiro atoms. The Kier molecular flexibility index (Phi) is 4.05. The van der Waals surface area contributed by atoms with E-state index in [1.165, 1.54) is 25.7 Å². The van der Waals surface area contributed by atoms with Gasteiger partial charge in [-0.15, -0.1) is 0 Å². The van der Waals surface area contributed by atoms with Crippen molar-refractivity contribution in [2.75, 3.05) is 0 Å². The van der Waals surface area contributed by atoms with Gasteiger partial charge in [-0.05, 0) is 30.7 Å². The summed E-state index contributed by atoms with van der Waals surface area (Å²) in [5, 5.41) is 10.2. The van der Waals surface area contributed by atoms with Gasteiger partial charge in [-0.2, -0.15) is 0 Å². The first-order chi connectivity index (χ1) is 7.81. The number of rotatable bonds is 4. The quantitative estimate of drug-likeness (QED) is 0.837. The Labute approximate surface area is 97.7 Å². The molecule has 1 aromatic rings. The fraction of sp³-hybridized carbons (Fsp3) is 0.714. The molecule has 16 heavy (non-hydrogen) atoms. The molecule has 1 heterocycles. The highest BCUT2D eigenvalue weighted by atomic mass is 16.3. The summed E-state index contributed by atoms with van der Waals surface area (Å²) in [7, 11) is 0. The molecule has 2 heteroatoms. The Bertz CT molecular complexity index is 284. The van der Waals surface area contributed by atoms with Gasteiger partial charge < -0.3 is 9.52 Å². The molecule has 0 aliphatic heterocycles. The van der Waals surface area contributed by atoms with Crippen molar-refractivity contribution in [3.8, 4) is 0 Å². The van der Waals surface area contributed by atoms with E-state index in [-0.39, 0.29) is 6.10 Å². The highest BCUT2D eigenvalue weighted by Gasteiger charge is 2.27. The molecular formula is C14H22O2. The van der Waals surface area contributed by atoms with Crippen molar-refractivity contribution in [1.82, 2.24) is 0 Å². The Balaban J connectivity index is 1.84. The number of aliphatic hydroxyl groups excluding tert-OH is 1. The van der Waals surface area contributed by atoms with E-state index in [2.05, 4.69) is 6.92 Å². The maximum absolute atomic E-state index is 10.2. The number of hydrogen-bond donors (Lipinski definition) is 1. The van der Waals surface area contributed by atoms with Crippen LogP contribution in [0.2, 0.25) is 0 Å². The van der Waals surface area contributed by atoms with Crippen LogP contribution >= 0.6 is 0 Å². The van der Waals surface area contributed by atoms with Gasteiger partial charge in [0.2, 0.25) is 0 Å². The smallest absolute Gasteiger partial charge is 0.0960 e. The molecule has 1 unspecified atom stereocenters. The maximum atomic E-state index is 10.2. The summed E-state index contributed by atoms with van der Waals surface area (Å²) in [6.07, 6.45) is 10.5. The summed E-state index contributed by atoms with van der Waals surface area (Å²) in [6, 6.07) is 1.88. The molecule has 1 aliphatic carbocycles. The standard InChI is InChI=1S/C14H22O2/c1-2-3-11-4-6-12(7-5-11)14(15)13-8-9-16-10-13/h8-12,14-15H,2-7H2,1H3. The highest BCUT2D eigenvalue weighted by Crippen LogP contribution is 2.38. The third-order valence-corrected chi connectivity index (χ3v) is 3.92. The fourth-order valence-electron chi connectivity index (χ4n) is 2.92. The average molecular weight is 222 g/mol. The minimum Gasteiger partial charge on any atom is -0.472 e. The Morgan fingerprint density at radius 1 is 1.38 bits per heavy atom. The first kappa shape index (κ1) is 11.7. The van der Waals surface area contributed by atoms with Crippen molar-refractivity contribution in [3.63, 3.8) is 0 Å². The number of furan rings is 1. The predicted octanol–water partition coefficient (Wildman–Crippen LogP) is 3.92. The molecule has 2 nitrogen and oxygen atoms in total. The van der Waals surface area contributed by atoms with E-state index >= 15 is 0 Å². The van der Waals surface area contributed by atoms with Gasteiger partial charge in [0, 0.05) is 5.56 Å². The van der Waals surface area contributed by atoms with Crippen LogP contribution < -0.4 is 0 Å². The van der Waals surface area contributed by atoms with E-state index in [0.29, 0.717) is 5.92 Å². The lowest BCUT2D eigenvalue weighted by Gasteiger charge is -2.31. The molecule has 0 saturated heterocycles. The van der Waals surface area contributed by atoms with Crippen molar-refractivity contribution < 1.29 is 9.52 Å². The van der Waals surface area contributed by atoms with Crippen molar-refractivity contribution >= 4 is 0 Å². The van der Waals surface area contributed by atoms with Gasteiger partial charge in [-0.25, -0.2) is 0 Å². The van der Waals surface area contributed by atoms with Crippen molar-refractivity contribution in [1.29, 1.82) is 0 Å². The molecule has 1 fully saturated rings. The fourth-order valence-corrected chi connectivity index (χ4v) is 2.92. The first-order valence-electron chi connectivity index (χ1n) is 6.51. The first-order valence-corrected chi connectivity index (χ1v) is 6.51. The van der Waals surface area contributed by atoms with Crippen molar-refractivity contribution in [2.45, 2.75) is 51.6 Å². The SMILES string of the molecule is CCCC1CCC(C(O)c2ccoc2)CC1. The Hall–Kier alpha value is -0.760.